The number of nitrogens with zero attached hydrogens (tertiary/aromatic N) is 1. The molecular weight excluding hydrogens is 252 g/mol. The third kappa shape index (κ3) is 2.94. The van der Waals surface area contributed by atoms with Gasteiger partial charge in [0.25, 0.3) is 5.91 Å². The lowest BCUT2D eigenvalue weighted by atomic mass is 9.94. The van der Waals surface area contributed by atoms with E-state index in [1.165, 1.54) is 19.3 Å². The molecule has 1 atom stereocenters. The Morgan fingerprint density at radius 2 is 2.12 bits per heavy atom. The Bertz CT molecular complexity index is 303. The first-order valence-electron chi connectivity index (χ1n) is 6.36. The van der Waals surface area contributed by atoms with E-state index in [9.17, 15) is 4.79 Å². The van der Waals surface area contributed by atoms with E-state index in [1.807, 2.05) is 4.90 Å². The van der Waals surface area contributed by atoms with Gasteiger partial charge in [-0.25, -0.2) is 0 Å². The second kappa shape index (κ2) is 6.05. The second-order valence-corrected chi connectivity index (χ2v) is 6.16. The average molecular weight is 272 g/mol. The lowest BCUT2D eigenvalue weighted by molar-refractivity contribution is -0.129. The van der Waals surface area contributed by atoms with E-state index in [4.69, 9.17) is 12.2 Å². The van der Waals surface area contributed by atoms with Gasteiger partial charge in [0.1, 0.15) is 6.04 Å². The van der Waals surface area contributed by atoms with E-state index in [-0.39, 0.29) is 11.9 Å². The van der Waals surface area contributed by atoms with E-state index >= 15 is 0 Å². The topological polar surface area (TPSA) is 32.3 Å². The maximum atomic E-state index is 12.3. The van der Waals surface area contributed by atoms with E-state index < -0.39 is 0 Å². The van der Waals surface area contributed by atoms with E-state index in [0.717, 1.165) is 25.0 Å². The van der Waals surface area contributed by atoms with Crippen LogP contribution in [0.5, 0.6) is 0 Å². The maximum Gasteiger partial charge on any atom is 0.251 e. The minimum atomic E-state index is -0.0723. The molecule has 0 spiro atoms. The van der Waals surface area contributed by atoms with E-state index in [2.05, 4.69) is 11.6 Å². The van der Waals surface area contributed by atoms with Gasteiger partial charge in [0.15, 0.2) is 5.11 Å². The Kier molecular flexibility index (Phi) is 4.68. The lowest BCUT2D eigenvalue weighted by Crippen LogP contribution is -2.41. The van der Waals surface area contributed by atoms with Crippen molar-refractivity contribution in [2.75, 3.05) is 12.0 Å². The Morgan fingerprint density at radius 1 is 1.41 bits per heavy atom. The van der Waals surface area contributed by atoms with E-state index in [1.54, 1.807) is 11.8 Å². The number of amides is 1. The summed E-state index contributed by atoms with van der Waals surface area (Å²) in [5, 5.41) is 3.84. The molecule has 1 N–H and O–H groups in total. The molecule has 0 radical (unpaired) electrons. The molecule has 0 bridgehead atoms. The normalized spacial score (nSPS) is 26.4. The van der Waals surface area contributed by atoms with Crippen molar-refractivity contribution >= 4 is 35.0 Å². The molecule has 1 amide bonds. The predicted octanol–water partition coefficient (Wildman–Crippen LogP) is 2.16. The third-order valence-electron chi connectivity index (χ3n) is 3.60. The summed E-state index contributed by atoms with van der Waals surface area (Å²) >= 11 is 7.09. The minimum Gasteiger partial charge on any atom is -0.350 e. The summed E-state index contributed by atoms with van der Waals surface area (Å²) in [5.41, 5.74) is 0. The summed E-state index contributed by atoms with van der Waals surface area (Å²) < 4.78 is 0. The third-order valence-corrected chi connectivity index (χ3v) is 4.56. The number of hydrogen-bond acceptors (Lipinski definition) is 3. The molecule has 5 heteroatoms. The molecule has 0 aromatic rings. The quantitative estimate of drug-likeness (QED) is 0.795. The molecule has 2 fully saturated rings. The van der Waals surface area contributed by atoms with Crippen LogP contribution in [0.1, 0.15) is 38.5 Å². The Morgan fingerprint density at radius 3 is 2.76 bits per heavy atom. The van der Waals surface area contributed by atoms with Crippen LogP contribution in [0.25, 0.3) is 0 Å². The van der Waals surface area contributed by atoms with Gasteiger partial charge < -0.3 is 5.32 Å². The Hall–Kier alpha value is -0.290. The number of nitrogens with one attached hydrogen (secondary N) is 1. The standard InChI is InChI=1S/C12H20N2OS2/c1-17-8-7-10-11(15)14(12(16)13-10)9-5-3-2-4-6-9/h9-10H,2-8H2,1H3,(H,13,16)/t10-/m0/s1. The summed E-state index contributed by atoms with van der Waals surface area (Å²) in [4.78, 5) is 14.1. The minimum absolute atomic E-state index is 0.0723. The molecule has 1 aliphatic heterocycles. The first-order chi connectivity index (χ1) is 8.24. The molecule has 0 unspecified atom stereocenters. The van der Waals surface area contributed by atoms with Crippen LogP contribution in [0.15, 0.2) is 0 Å². The van der Waals surface area contributed by atoms with Crippen molar-refractivity contribution in [3.8, 4) is 0 Å². The van der Waals surface area contributed by atoms with Crippen molar-refractivity contribution in [1.82, 2.24) is 10.2 Å². The van der Waals surface area contributed by atoms with Crippen LogP contribution in [0, 0.1) is 0 Å². The highest BCUT2D eigenvalue weighted by atomic mass is 32.2. The molecule has 2 rings (SSSR count). The van der Waals surface area contributed by atoms with Crippen molar-refractivity contribution < 1.29 is 4.79 Å². The second-order valence-electron chi connectivity index (χ2n) is 4.78. The van der Waals surface area contributed by atoms with Gasteiger partial charge in [-0.1, -0.05) is 19.3 Å². The number of carbonyl (C=O) groups excluding carboxylic acids is 1. The molecule has 1 saturated heterocycles. The zero-order chi connectivity index (χ0) is 12.3. The summed E-state index contributed by atoms with van der Waals surface area (Å²) in [6, 6.07) is 0.285. The summed E-state index contributed by atoms with van der Waals surface area (Å²) in [7, 11) is 0. The summed E-state index contributed by atoms with van der Waals surface area (Å²) in [6.07, 6.45) is 8.93. The number of carbonyl (C=O) groups is 1. The lowest BCUT2D eigenvalue weighted by Gasteiger charge is -2.30. The SMILES string of the molecule is CSCC[C@@H]1NC(=S)N(C2CCCCC2)C1=O. The molecule has 1 saturated carbocycles. The van der Waals surface area contributed by atoms with Crippen LogP contribution in [0.2, 0.25) is 0 Å². The number of thiocarbonyl (C=S) groups is 1. The van der Waals surface area contributed by atoms with Gasteiger partial charge in [0.2, 0.25) is 0 Å². The van der Waals surface area contributed by atoms with Crippen LogP contribution in [-0.4, -0.2) is 40.0 Å². The molecule has 17 heavy (non-hydrogen) atoms. The first-order valence-corrected chi connectivity index (χ1v) is 8.16. The Labute approximate surface area is 113 Å². The van der Waals surface area contributed by atoms with Crippen LogP contribution in [-0.2, 0) is 4.79 Å². The average Bonchev–Trinajstić information content (AvgIpc) is 2.63. The predicted molar refractivity (Wildman–Crippen MR) is 76.2 cm³/mol. The van der Waals surface area contributed by atoms with Gasteiger partial charge in [-0.15, -0.1) is 0 Å². The molecule has 0 aromatic heterocycles. The maximum absolute atomic E-state index is 12.3. The van der Waals surface area contributed by atoms with Crippen LogP contribution >= 0.6 is 24.0 Å². The van der Waals surface area contributed by atoms with E-state index in [0.29, 0.717) is 11.2 Å². The van der Waals surface area contributed by atoms with Gasteiger partial charge >= 0.3 is 0 Å². The van der Waals surface area contributed by atoms with Crippen LogP contribution in [0.4, 0.5) is 0 Å². The van der Waals surface area contributed by atoms with Crippen molar-refractivity contribution in [2.45, 2.75) is 50.6 Å². The highest BCUT2D eigenvalue weighted by Gasteiger charge is 2.39. The molecule has 1 heterocycles. The van der Waals surface area contributed by atoms with Crippen molar-refractivity contribution in [3.05, 3.63) is 0 Å². The number of hydrogen-bond donors (Lipinski definition) is 1. The molecule has 96 valence electrons. The van der Waals surface area contributed by atoms with Gasteiger partial charge in [-0.2, -0.15) is 11.8 Å². The summed E-state index contributed by atoms with van der Waals surface area (Å²) in [5.74, 6) is 1.21. The fraction of sp³-hybridized carbons (Fsp3) is 0.833. The van der Waals surface area contributed by atoms with Crippen molar-refractivity contribution in [1.29, 1.82) is 0 Å². The zero-order valence-electron chi connectivity index (χ0n) is 10.3. The van der Waals surface area contributed by atoms with Gasteiger partial charge in [-0.05, 0) is 43.5 Å². The fourth-order valence-electron chi connectivity index (χ4n) is 2.66. The molecule has 1 aliphatic carbocycles. The molecule has 3 nitrogen and oxygen atoms in total. The molecule has 2 aliphatic rings. The highest BCUT2D eigenvalue weighted by Crippen LogP contribution is 2.26. The van der Waals surface area contributed by atoms with Gasteiger partial charge in [0.05, 0.1) is 0 Å². The van der Waals surface area contributed by atoms with Crippen molar-refractivity contribution in [2.24, 2.45) is 0 Å². The largest absolute Gasteiger partial charge is 0.350 e. The number of rotatable bonds is 4. The zero-order valence-corrected chi connectivity index (χ0v) is 11.9. The first kappa shape index (κ1) is 13.1. The highest BCUT2D eigenvalue weighted by molar-refractivity contribution is 7.98. The Balaban J connectivity index is 1.97. The van der Waals surface area contributed by atoms with Crippen LogP contribution in [0.3, 0.4) is 0 Å². The smallest absolute Gasteiger partial charge is 0.251 e. The molecule has 0 aromatic carbocycles. The van der Waals surface area contributed by atoms with Crippen molar-refractivity contribution in [3.63, 3.8) is 0 Å². The van der Waals surface area contributed by atoms with Crippen LogP contribution < -0.4 is 5.32 Å². The summed E-state index contributed by atoms with van der Waals surface area (Å²) in [6.45, 7) is 0. The van der Waals surface area contributed by atoms with Gasteiger partial charge in [0, 0.05) is 6.04 Å². The monoisotopic (exact) mass is 272 g/mol. The molecular formula is C12H20N2OS2. The fourth-order valence-corrected chi connectivity index (χ4v) is 3.52. The number of thioether (sulfide) groups is 1. The van der Waals surface area contributed by atoms with Gasteiger partial charge in [-0.3, -0.25) is 9.69 Å².